The third kappa shape index (κ3) is 7.83. The Morgan fingerprint density at radius 3 is 2.30 bits per heavy atom. The summed E-state index contributed by atoms with van der Waals surface area (Å²) in [6, 6.07) is 14.7. The molecule has 8 nitrogen and oxygen atoms in total. The van der Waals surface area contributed by atoms with Crippen molar-refractivity contribution >= 4 is 29.3 Å². The molecule has 2 aromatic carbocycles. The van der Waals surface area contributed by atoms with Gasteiger partial charge in [-0.2, -0.15) is 11.8 Å². The smallest absolute Gasteiger partial charge is 0.303 e. The monoisotopic (exact) mass is 475 g/mol. The zero-order valence-corrected chi connectivity index (χ0v) is 19.0. The number of thioether (sulfide) groups is 1. The molecule has 0 aromatic heterocycles. The van der Waals surface area contributed by atoms with Crippen molar-refractivity contribution in [2.75, 3.05) is 23.4 Å². The molecular formula is C24H29NO7S. The summed E-state index contributed by atoms with van der Waals surface area (Å²) in [5, 5.41) is 29.8. The number of hydrogen-bond donors (Lipinski definition) is 4. The van der Waals surface area contributed by atoms with Gasteiger partial charge in [0.1, 0.15) is 0 Å². The van der Waals surface area contributed by atoms with Crippen molar-refractivity contribution in [2.45, 2.75) is 44.4 Å². The predicted octanol–water partition coefficient (Wildman–Crippen LogP) is 3.25. The maximum atomic E-state index is 11.9. The van der Waals surface area contributed by atoms with Gasteiger partial charge < -0.3 is 30.1 Å². The zero-order valence-electron chi connectivity index (χ0n) is 18.2. The molecule has 0 bridgehead atoms. The molecule has 1 fully saturated rings. The van der Waals surface area contributed by atoms with Crippen LogP contribution in [-0.4, -0.2) is 51.4 Å². The second-order valence-corrected chi connectivity index (χ2v) is 8.86. The number of ether oxygens (including phenoxy) is 2. The van der Waals surface area contributed by atoms with E-state index in [4.69, 9.17) is 19.7 Å². The summed E-state index contributed by atoms with van der Waals surface area (Å²) < 4.78 is 12.4. The van der Waals surface area contributed by atoms with Crippen molar-refractivity contribution in [3.8, 4) is 0 Å². The fourth-order valence-electron chi connectivity index (χ4n) is 3.47. The lowest BCUT2D eigenvalue weighted by Crippen LogP contribution is -2.31. The molecule has 1 aliphatic rings. The highest BCUT2D eigenvalue weighted by molar-refractivity contribution is 7.99. The lowest BCUT2D eigenvalue weighted by molar-refractivity contribution is -0.245. The Hall–Kier alpha value is -2.43. The van der Waals surface area contributed by atoms with E-state index in [1.165, 1.54) is 0 Å². The number of aliphatic hydroxyl groups is 2. The van der Waals surface area contributed by atoms with Crippen molar-refractivity contribution in [2.24, 2.45) is 0 Å². The van der Waals surface area contributed by atoms with Gasteiger partial charge in [0.2, 0.25) is 5.91 Å². The van der Waals surface area contributed by atoms with Gasteiger partial charge in [-0.25, -0.2) is 0 Å². The van der Waals surface area contributed by atoms with E-state index in [0.717, 1.165) is 22.4 Å². The van der Waals surface area contributed by atoms with Crippen molar-refractivity contribution in [3.05, 3.63) is 65.2 Å². The molecule has 0 radical (unpaired) electrons. The van der Waals surface area contributed by atoms with Crippen LogP contribution in [0.2, 0.25) is 0 Å². The second-order valence-electron chi connectivity index (χ2n) is 7.71. The van der Waals surface area contributed by atoms with Gasteiger partial charge in [0.25, 0.3) is 0 Å². The quantitative estimate of drug-likeness (QED) is 0.365. The minimum absolute atomic E-state index is 0.0167. The van der Waals surface area contributed by atoms with Crippen LogP contribution < -0.4 is 5.32 Å². The van der Waals surface area contributed by atoms with Crippen molar-refractivity contribution in [1.82, 2.24) is 0 Å². The van der Waals surface area contributed by atoms with Gasteiger partial charge in [-0.15, -0.1) is 0 Å². The van der Waals surface area contributed by atoms with Gasteiger partial charge in [0.05, 0.1) is 31.8 Å². The number of aliphatic carboxylic acids is 1. The number of anilines is 1. The molecule has 178 valence electrons. The van der Waals surface area contributed by atoms with E-state index in [2.05, 4.69) is 5.32 Å². The molecule has 1 heterocycles. The average molecular weight is 476 g/mol. The molecule has 2 aromatic rings. The first-order chi connectivity index (χ1) is 16.0. The lowest BCUT2D eigenvalue weighted by Gasteiger charge is -2.36. The third-order valence-corrected chi connectivity index (χ3v) is 6.27. The van der Waals surface area contributed by atoms with Gasteiger partial charge in [-0.05, 0) is 23.3 Å². The van der Waals surface area contributed by atoms with Crippen LogP contribution in [0.25, 0.3) is 0 Å². The number of carboxylic acids is 1. The van der Waals surface area contributed by atoms with Gasteiger partial charge in [0.15, 0.2) is 6.29 Å². The van der Waals surface area contributed by atoms with E-state index in [-0.39, 0.29) is 44.2 Å². The van der Waals surface area contributed by atoms with Crippen molar-refractivity contribution in [1.29, 1.82) is 0 Å². The Kier molecular flexibility index (Phi) is 9.71. The first kappa shape index (κ1) is 25.2. The van der Waals surface area contributed by atoms with Crippen LogP contribution in [0.5, 0.6) is 0 Å². The number of carbonyl (C=O) groups excluding carboxylic acids is 1. The van der Waals surface area contributed by atoms with Gasteiger partial charge >= 0.3 is 5.97 Å². The van der Waals surface area contributed by atoms with E-state index in [1.807, 2.05) is 36.4 Å². The second kappa shape index (κ2) is 12.7. The first-order valence-electron chi connectivity index (χ1n) is 10.8. The Bertz CT molecular complexity index is 904. The summed E-state index contributed by atoms with van der Waals surface area (Å²) in [4.78, 5) is 22.5. The summed E-state index contributed by atoms with van der Waals surface area (Å²) in [5.41, 5.74) is 3.20. The van der Waals surface area contributed by atoms with E-state index in [0.29, 0.717) is 17.9 Å². The molecule has 0 unspecified atom stereocenters. The van der Waals surface area contributed by atoms with Gasteiger partial charge in [-0.3, -0.25) is 9.59 Å². The summed E-state index contributed by atoms with van der Waals surface area (Å²) in [6.07, 6.45) is -0.493. The highest BCUT2D eigenvalue weighted by Crippen LogP contribution is 2.39. The molecule has 0 aliphatic carbocycles. The molecule has 1 aliphatic heterocycles. The fourth-order valence-corrected chi connectivity index (χ4v) is 4.24. The first-order valence-corrected chi connectivity index (χ1v) is 11.9. The van der Waals surface area contributed by atoms with Crippen LogP contribution in [0.4, 0.5) is 5.69 Å². The average Bonchev–Trinajstić information content (AvgIpc) is 2.83. The molecule has 0 saturated carbocycles. The lowest BCUT2D eigenvalue weighted by atomic mass is 10.0. The maximum absolute atomic E-state index is 11.9. The van der Waals surface area contributed by atoms with Crippen LogP contribution in [0.15, 0.2) is 48.5 Å². The number of carboxylic acid groups (broad SMARTS) is 1. The molecular weight excluding hydrogens is 446 g/mol. The number of rotatable bonds is 11. The van der Waals surface area contributed by atoms with Crippen molar-refractivity contribution < 1.29 is 34.4 Å². The van der Waals surface area contributed by atoms with Crippen LogP contribution in [-0.2, 0) is 25.7 Å². The number of amides is 1. The van der Waals surface area contributed by atoms with Crippen molar-refractivity contribution in [3.63, 3.8) is 0 Å². The highest BCUT2D eigenvalue weighted by atomic mass is 32.2. The predicted molar refractivity (Wildman–Crippen MR) is 125 cm³/mol. The number of benzene rings is 2. The minimum Gasteiger partial charge on any atom is -0.481 e. The van der Waals surface area contributed by atoms with Crippen LogP contribution >= 0.6 is 11.8 Å². The summed E-state index contributed by atoms with van der Waals surface area (Å²) in [6.45, 7) is 0.0974. The van der Waals surface area contributed by atoms with Crippen LogP contribution in [0.1, 0.15) is 48.3 Å². The fraction of sp³-hybridized carbons (Fsp3) is 0.417. The SMILES string of the molecule is O=C(O)CCC(=O)Nc1ccc([C@H]2O[C@@H](CSCCO)C[C@@H](c3ccc(CO)cc3)O2)cc1. The number of carbonyl (C=O) groups is 2. The summed E-state index contributed by atoms with van der Waals surface area (Å²) >= 11 is 1.62. The van der Waals surface area contributed by atoms with Crippen LogP contribution in [0.3, 0.4) is 0 Å². The number of nitrogens with one attached hydrogen (secondary N) is 1. The Balaban J connectivity index is 1.69. The molecule has 9 heteroatoms. The summed E-state index contributed by atoms with van der Waals surface area (Å²) in [5.74, 6) is -0.0111. The molecule has 1 saturated heterocycles. The number of hydrogen-bond acceptors (Lipinski definition) is 7. The standard InChI is InChI=1S/C24H29NO7S/c26-11-12-33-15-20-13-21(17-3-1-16(14-27)2-4-17)32-24(31-20)18-5-7-19(8-6-18)25-22(28)9-10-23(29)30/h1-8,20-21,24,26-27H,9-15H2,(H,25,28)(H,29,30)/t20-,21+,24+/m1/s1. The molecule has 1 amide bonds. The molecule has 33 heavy (non-hydrogen) atoms. The van der Waals surface area contributed by atoms with E-state index in [1.54, 1.807) is 23.9 Å². The van der Waals surface area contributed by atoms with E-state index >= 15 is 0 Å². The molecule has 0 spiro atoms. The summed E-state index contributed by atoms with van der Waals surface area (Å²) in [7, 11) is 0. The maximum Gasteiger partial charge on any atom is 0.303 e. The molecule has 4 N–H and O–H groups in total. The minimum atomic E-state index is -1.01. The largest absolute Gasteiger partial charge is 0.481 e. The van der Waals surface area contributed by atoms with E-state index in [9.17, 15) is 14.7 Å². The topological polar surface area (TPSA) is 125 Å². The highest BCUT2D eigenvalue weighted by Gasteiger charge is 2.32. The third-order valence-electron chi connectivity index (χ3n) is 5.19. The zero-order chi connectivity index (χ0) is 23.6. The van der Waals surface area contributed by atoms with Gasteiger partial charge in [-0.1, -0.05) is 36.4 Å². The normalized spacial score (nSPS) is 20.4. The van der Waals surface area contributed by atoms with Crippen LogP contribution in [0, 0.1) is 0 Å². The Morgan fingerprint density at radius 1 is 0.970 bits per heavy atom. The Morgan fingerprint density at radius 2 is 1.67 bits per heavy atom. The molecule has 3 rings (SSSR count). The van der Waals surface area contributed by atoms with Gasteiger partial charge in [0, 0.05) is 35.6 Å². The molecule has 3 atom stereocenters. The Labute approximate surface area is 196 Å². The number of aliphatic hydroxyl groups excluding tert-OH is 2. The van der Waals surface area contributed by atoms with E-state index < -0.39 is 12.3 Å².